The molecule has 0 amide bonds. The highest BCUT2D eigenvalue weighted by atomic mass is 16.3. The zero-order chi connectivity index (χ0) is 15.6. The van der Waals surface area contributed by atoms with Crippen LogP contribution in [0.4, 0.5) is 5.69 Å². The molecule has 4 aromatic rings. The predicted octanol–water partition coefficient (Wildman–Crippen LogP) is 3.33. The smallest absolute Gasteiger partial charge is 0.139 e. The molecule has 23 heavy (non-hydrogen) atoms. The van der Waals surface area contributed by atoms with Gasteiger partial charge in [0.1, 0.15) is 11.3 Å². The van der Waals surface area contributed by atoms with Gasteiger partial charge >= 0.3 is 0 Å². The van der Waals surface area contributed by atoms with Gasteiger partial charge in [-0.15, -0.1) is 5.10 Å². The SMILES string of the molecule is Cc1cc2cccc(CNc3cnccc3-n3ccnn3)c2o1. The van der Waals surface area contributed by atoms with Gasteiger partial charge in [-0.3, -0.25) is 4.98 Å². The summed E-state index contributed by atoms with van der Waals surface area (Å²) in [4.78, 5) is 4.19. The number of hydrogen-bond donors (Lipinski definition) is 1. The van der Waals surface area contributed by atoms with E-state index < -0.39 is 0 Å². The minimum absolute atomic E-state index is 0.637. The Morgan fingerprint density at radius 2 is 2.17 bits per heavy atom. The minimum atomic E-state index is 0.637. The van der Waals surface area contributed by atoms with Crippen LogP contribution < -0.4 is 5.32 Å². The highest BCUT2D eigenvalue weighted by Crippen LogP contribution is 2.24. The van der Waals surface area contributed by atoms with Gasteiger partial charge in [0.25, 0.3) is 0 Å². The summed E-state index contributed by atoms with van der Waals surface area (Å²) in [6.07, 6.45) is 6.97. The normalized spacial score (nSPS) is 11.0. The van der Waals surface area contributed by atoms with E-state index in [0.717, 1.165) is 33.7 Å². The summed E-state index contributed by atoms with van der Waals surface area (Å²) in [6, 6.07) is 10.1. The van der Waals surface area contributed by atoms with Gasteiger partial charge < -0.3 is 9.73 Å². The second-order valence-electron chi connectivity index (χ2n) is 5.29. The van der Waals surface area contributed by atoms with Crippen LogP contribution in [0.25, 0.3) is 16.7 Å². The van der Waals surface area contributed by atoms with E-state index >= 15 is 0 Å². The molecule has 0 aliphatic carbocycles. The van der Waals surface area contributed by atoms with Gasteiger partial charge in [0, 0.05) is 23.7 Å². The molecule has 3 aromatic heterocycles. The van der Waals surface area contributed by atoms with Crippen molar-refractivity contribution in [3.8, 4) is 5.69 Å². The van der Waals surface area contributed by atoms with Crippen LogP contribution >= 0.6 is 0 Å². The number of fused-ring (bicyclic) bond motifs is 1. The number of pyridine rings is 1. The maximum absolute atomic E-state index is 5.81. The van der Waals surface area contributed by atoms with E-state index in [1.807, 2.05) is 25.1 Å². The van der Waals surface area contributed by atoms with Gasteiger partial charge in [0.15, 0.2) is 0 Å². The number of rotatable bonds is 4. The summed E-state index contributed by atoms with van der Waals surface area (Å²) in [5.41, 5.74) is 3.81. The molecular formula is C17H15N5O. The first-order chi connectivity index (χ1) is 11.3. The number of furan rings is 1. The maximum Gasteiger partial charge on any atom is 0.139 e. The highest BCUT2D eigenvalue weighted by Gasteiger charge is 2.09. The van der Waals surface area contributed by atoms with E-state index in [1.165, 1.54) is 0 Å². The molecule has 0 atom stereocenters. The van der Waals surface area contributed by atoms with Crippen molar-refractivity contribution in [3.63, 3.8) is 0 Å². The van der Waals surface area contributed by atoms with Crippen molar-refractivity contribution in [1.82, 2.24) is 20.0 Å². The van der Waals surface area contributed by atoms with Crippen molar-refractivity contribution in [3.05, 3.63) is 66.4 Å². The van der Waals surface area contributed by atoms with Crippen LogP contribution in [0.15, 0.2) is 59.5 Å². The lowest BCUT2D eigenvalue weighted by Crippen LogP contribution is -2.05. The van der Waals surface area contributed by atoms with Crippen molar-refractivity contribution >= 4 is 16.7 Å². The second kappa shape index (κ2) is 5.57. The Bertz CT molecular complexity index is 943. The predicted molar refractivity (Wildman–Crippen MR) is 87.4 cm³/mol. The lowest BCUT2D eigenvalue weighted by molar-refractivity contribution is 0.575. The molecule has 6 nitrogen and oxygen atoms in total. The van der Waals surface area contributed by atoms with Gasteiger partial charge in [-0.25, -0.2) is 4.68 Å². The summed E-state index contributed by atoms with van der Waals surface area (Å²) < 4.78 is 7.52. The van der Waals surface area contributed by atoms with Gasteiger partial charge in [0.2, 0.25) is 0 Å². The third kappa shape index (κ3) is 2.55. The molecule has 0 saturated heterocycles. The number of benzene rings is 1. The summed E-state index contributed by atoms with van der Waals surface area (Å²) in [5.74, 6) is 0.914. The van der Waals surface area contributed by atoms with Crippen LogP contribution in [0.2, 0.25) is 0 Å². The Morgan fingerprint density at radius 1 is 1.22 bits per heavy atom. The van der Waals surface area contributed by atoms with Crippen LogP contribution in [0.3, 0.4) is 0 Å². The van der Waals surface area contributed by atoms with E-state index in [1.54, 1.807) is 29.5 Å². The highest BCUT2D eigenvalue weighted by molar-refractivity contribution is 5.81. The third-order valence-corrected chi connectivity index (χ3v) is 3.69. The van der Waals surface area contributed by atoms with Crippen LogP contribution in [0, 0.1) is 6.92 Å². The van der Waals surface area contributed by atoms with Crippen molar-refractivity contribution in [2.45, 2.75) is 13.5 Å². The second-order valence-corrected chi connectivity index (χ2v) is 5.29. The standard InChI is InChI=1S/C17H15N5O/c1-12-9-13-3-2-4-14(17(13)23-12)10-19-15-11-18-6-5-16(15)22-8-7-20-21-22/h2-9,11,19H,10H2,1H3. The van der Waals surface area contributed by atoms with Crippen molar-refractivity contribution < 1.29 is 4.42 Å². The van der Waals surface area contributed by atoms with Crippen LogP contribution in [-0.2, 0) is 6.54 Å². The number of hydrogen-bond acceptors (Lipinski definition) is 5. The zero-order valence-corrected chi connectivity index (χ0v) is 12.6. The summed E-state index contributed by atoms with van der Waals surface area (Å²) in [6.45, 7) is 2.60. The summed E-state index contributed by atoms with van der Waals surface area (Å²) in [7, 11) is 0. The fourth-order valence-corrected chi connectivity index (χ4v) is 2.64. The molecule has 1 N–H and O–H groups in total. The molecule has 0 aliphatic heterocycles. The number of aryl methyl sites for hydroxylation is 1. The van der Waals surface area contributed by atoms with E-state index in [0.29, 0.717) is 6.54 Å². The largest absolute Gasteiger partial charge is 0.461 e. The van der Waals surface area contributed by atoms with Crippen molar-refractivity contribution in [1.29, 1.82) is 0 Å². The van der Waals surface area contributed by atoms with E-state index in [9.17, 15) is 0 Å². The minimum Gasteiger partial charge on any atom is -0.461 e. The van der Waals surface area contributed by atoms with Gasteiger partial charge in [-0.2, -0.15) is 0 Å². The molecule has 6 heteroatoms. The number of anilines is 1. The van der Waals surface area contributed by atoms with Crippen LogP contribution in [-0.4, -0.2) is 20.0 Å². The van der Waals surface area contributed by atoms with E-state index in [2.05, 4.69) is 32.7 Å². The lowest BCUT2D eigenvalue weighted by Gasteiger charge is -2.11. The molecule has 0 bridgehead atoms. The van der Waals surface area contributed by atoms with Crippen molar-refractivity contribution in [2.24, 2.45) is 0 Å². The molecule has 0 aliphatic rings. The molecule has 3 heterocycles. The molecule has 4 rings (SSSR count). The van der Waals surface area contributed by atoms with Crippen LogP contribution in [0.1, 0.15) is 11.3 Å². The Kier molecular flexibility index (Phi) is 3.27. The molecule has 0 fully saturated rings. The monoisotopic (exact) mass is 305 g/mol. The topological polar surface area (TPSA) is 68.8 Å². The Morgan fingerprint density at radius 3 is 3.04 bits per heavy atom. The molecule has 1 aromatic carbocycles. The Labute approximate surface area is 132 Å². The molecule has 0 radical (unpaired) electrons. The van der Waals surface area contributed by atoms with Gasteiger partial charge in [-0.1, -0.05) is 23.4 Å². The summed E-state index contributed by atoms with van der Waals surface area (Å²) in [5, 5.41) is 12.4. The number of nitrogens with zero attached hydrogens (tertiary/aromatic N) is 4. The first-order valence-corrected chi connectivity index (χ1v) is 7.34. The molecule has 0 spiro atoms. The first kappa shape index (κ1) is 13.5. The number of nitrogens with one attached hydrogen (secondary N) is 1. The molecule has 114 valence electrons. The number of aromatic nitrogens is 4. The van der Waals surface area contributed by atoms with E-state index in [-0.39, 0.29) is 0 Å². The molecular weight excluding hydrogens is 290 g/mol. The maximum atomic E-state index is 5.81. The van der Waals surface area contributed by atoms with Crippen molar-refractivity contribution in [2.75, 3.05) is 5.32 Å². The van der Waals surface area contributed by atoms with E-state index in [4.69, 9.17) is 4.42 Å². The average Bonchev–Trinajstić information content (AvgIpc) is 3.21. The zero-order valence-electron chi connectivity index (χ0n) is 12.6. The molecule has 0 saturated carbocycles. The fourth-order valence-electron chi connectivity index (χ4n) is 2.64. The third-order valence-electron chi connectivity index (χ3n) is 3.69. The quantitative estimate of drug-likeness (QED) is 0.626. The van der Waals surface area contributed by atoms with Gasteiger partial charge in [-0.05, 0) is 19.1 Å². The molecule has 0 unspecified atom stereocenters. The Hall–Kier alpha value is -3.15. The summed E-state index contributed by atoms with van der Waals surface area (Å²) >= 11 is 0. The fraction of sp³-hybridized carbons (Fsp3) is 0.118. The van der Waals surface area contributed by atoms with Gasteiger partial charge in [0.05, 0.1) is 30.0 Å². The number of para-hydroxylation sites is 1. The first-order valence-electron chi connectivity index (χ1n) is 7.34. The lowest BCUT2D eigenvalue weighted by atomic mass is 10.1. The Balaban J connectivity index is 1.64. The van der Waals surface area contributed by atoms with Crippen LogP contribution in [0.5, 0.6) is 0 Å². The average molecular weight is 305 g/mol.